The van der Waals surface area contributed by atoms with E-state index in [0.29, 0.717) is 11.3 Å². The van der Waals surface area contributed by atoms with Crippen LogP contribution in [0.5, 0.6) is 0 Å². The van der Waals surface area contributed by atoms with E-state index in [1.807, 2.05) is 24.3 Å². The Morgan fingerprint density at radius 2 is 1.80 bits per heavy atom. The van der Waals surface area contributed by atoms with Crippen LogP contribution >= 0.6 is 11.6 Å². The van der Waals surface area contributed by atoms with Gasteiger partial charge in [0.1, 0.15) is 0 Å². The van der Waals surface area contributed by atoms with Crippen LogP contribution in [0.25, 0.3) is 0 Å². The highest BCUT2D eigenvalue weighted by molar-refractivity contribution is 6.32. The van der Waals surface area contributed by atoms with Crippen LogP contribution in [0, 0.1) is 0 Å². The summed E-state index contributed by atoms with van der Waals surface area (Å²) in [5.41, 5.74) is 2.37. The van der Waals surface area contributed by atoms with Gasteiger partial charge >= 0.3 is 0 Å². The van der Waals surface area contributed by atoms with Gasteiger partial charge in [-0.1, -0.05) is 44.5 Å². The molecule has 3 nitrogen and oxygen atoms in total. The number of aromatic nitrogens is 1. The zero-order valence-electron chi connectivity index (χ0n) is 11.8. The molecule has 0 saturated carbocycles. The van der Waals surface area contributed by atoms with Crippen LogP contribution in [-0.2, 0) is 5.41 Å². The predicted octanol–water partition coefficient (Wildman–Crippen LogP) is 4.28. The van der Waals surface area contributed by atoms with E-state index in [-0.39, 0.29) is 16.5 Å². The second-order valence-corrected chi connectivity index (χ2v) is 5.98. The summed E-state index contributed by atoms with van der Waals surface area (Å²) in [7, 11) is 0. The number of carbonyl (C=O) groups is 1. The smallest absolute Gasteiger partial charge is 0.255 e. The molecule has 1 aromatic heterocycles. The minimum atomic E-state index is -0.194. The fourth-order valence-corrected chi connectivity index (χ4v) is 1.96. The molecule has 20 heavy (non-hydrogen) atoms. The van der Waals surface area contributed by atoms with Gasteiger partial charge < -0.3 is 5.32 Å². The van der Waals surface area contributed by atoms with Crippen molar-refractivity contribution in [2.24, 2.45) is 0 Å². The maximum Gasteiger partial charge on any atom is 0.255 e. The molecule has 1 aromatic carbocycles. The first kappa shape index (κ1) is 14.5. The molecule has 0 spiro atoms. The van der Waals surface area contributed by atoms with Crippen LogP contribution in [0.4, 0.5) is 5.69 Å². The van der Waals surface area contributed by atoms with Crippen molar-refractivity contribution in [3.8, 4) is 0 Å². The molecule has 1 heterocycles. The van der Waals surface area contributed by atoms with Gasteiger partial charge in [0.15, 0.2) is 5.15 Å². The van der Waals surface area contributed by atoms with Crippen molar-refractivity contribution >= 4 is 23.2 Å². The van der Waals surface area contributed by atoms with Gasteiger partial charge in [0, 0.05) is 11.8 Å². The van der Waals surface area contributed by atoms with Crippen molar-refractivity contribution in [3.05, 3.63) is 58.9 Å². The standard InChI is InChI=1S/C16H17ClN2O/c1-16(2,3)12-8-6-11(7-9-12)15(20)19-13-5-4-10-18-14(13)17/h4-10H,1-3H3,(H,19,20). The van der Waals surface area contributed by atoms with E-state index in [0.717, 1.165) is 0 Å². The third-order valence-corrected chi connectivity index (χ3v) is 3.32. The molecule has 0 saturated heterocycles. The first-order chi connectivity index (χ1) is 9.38. The van der Waals surface area contributed by atoms with Gasteiger partial charge in [0.05, 0.1) is 5.69 Å². The van der Waals surface area contributed by atoms with Crippen molar-refractivity contribution in [1.29, 1.82) is 0 Å². The van der Waals surface area contributed by atoms with E-state index in [1.165, 1.54) is 5.56 Å². The largest absolute Gasteiger partial charge is 0.319 e. The van der Waals surface area contributed by atoms with E-state index >= 15 is 0 Å². The SMILES string of the molecule is CC(C)(C)c1ccc(C(=O)Nc2cccnc2Cl)cc1. The Labute approximate surface area is 124 Å². The molecule has 0 fully saturated rings. The van der Waals surface area contributed by atoms with Crippen LogP contribution in [-0.4, -0.2) is 10.9 Å². The summed E-state index contributed by atoms with van der Waals surface area (Å²) in [4.78, 5) is 16.1. The quantitative estimate of drug-likeness (QED) is 0.838. The number of anilines is 1. The summed E-state index contributed by atoms with van der Waals surface area (Å²) >= 11 is 5.92. The molecule has 0 atom stereocenters. The maximum absolute atomic E-state index is 12.1. The van der Waals surface area contributed by atoms with Gasteiger partial charge in [-0.2, -0.15) is 0 Å². The van der Waals surface area contributed by atoms with Crippen LogP contribution in [0.15, 0.2) is 42.6 Å². The Morgan fingerprint density at radius 3 is 2.35 bits per heavy atom. The summed E-state index contributed by atoms with van der Waals surface area (Å²) < 4.78 is 0. The number of nitrogens with one attached hydrogen (secondary N) is 1. The Kier molecular flexibility index (Phi) is 4.09. The first-order valence-corrected chi connectivity index (χ1v) is 6.78. The average Bonchev–Trinajstić information content (AvgIpc) is 2.40. The lowest BCUT2D eigenvalue weighted by molar-refractivity contribution is 0.102. The second-order valence-electron chi connectivity index (χ2n) is 5.62. The van der Waals surface area contributed by atoms with E-state index in [1.54, 1.807) is 18.3 Å². The molecule has 0 aliphatic carbocycles. The molecule has 0 unspecified atom stereocenters. The average molecular weight is 289 g/mol. The van der Waals surface area contributed by atoms with Crippen molar-refractivity contribution in [1.82, 2.24) is 4.98 Å². The van der Waals surface area contributed by atoms with Gasteiger partial charge in [0.25, 0.3) is 5.91 Å². The predicted molar refractivity (Wildman–Crippen MR) is 82.3 cm³/mol. The molecular formula is C16H17ClN2O. The fraction of sp³-hybridized carbons (Fsp3) is 0.250. The molecule has 0 aliphatic heterocycles. The highest BCUT2D eigenvalue weighted by Crippen LogP contribution is 2.23. The number of pyridine rings is 1. The lowest BCUT2D eigenvalue weighted by Gasteiger charge is -2.19. The molecular weight excluding hydrogens is 272 g/mol. The summed E-state index contributed by atoms with van der Waals surface area (Å²) in [6, 6.07) is 11.0. The summed E-state index contributed by atoms with van der Waals surface area (Å²) in [5, 5.41) is 3.04. The van der Waals surface area contributed by atoms with E-state index < -0.39 is 0 Å². The third-order valence-electron chi connectivity index (χ3n) is 3.02. The van der Waals surface area contributed by atoms with Gasteiger partial charge in [-0.15, -0.1) is 0 Å². The Balaban J connectivity index is 2.16. The summed E-state index contributed by atoms with van der Waals surface area (Å²) in [5.74, 6) is -0.194. The number of benzene rings is 1. The van der Waals surface area contributed by atoms with E-state index in [9.17, 15) is 4.79 Å². The van der Waals surface area contributed by atoms with Crippen LogP contribution in [0.1, 0.15) is 36.7 Å². The number of amides is 1. The first-order valence-electron chi connectivity index (χ1n) is 6.40. The lowest BCUT2D eigenvalue weighted by Crippen LogP contribution is -2.14. The fourth-order valence-electron chi connectivity index (χ4n) is 1.80. The summed E-state index contributed by atoms with van der Waals surface area (Å²) in [6.45, 7) is 6.41. The molecule has 2 rings (SSSR count). The van der Waals surface area contributed by atoms with Gasteiger partial charge in [0.2, 0.25) is 0 Å². The molecule has 1 amide bonds. The van der Waals surface area contributed by atoms with Crippen molar-refractivity contribution < 1.29 is 4.79 Å². The zero-order chi connectivity index (χ0) is 14.8. The van der Waals surface area contributed by atoms with Gasteiger partial charge in [-0.05, 0) is 35.2 Å². The normalized spacial score (nSPS) is 11.2. The van der Waals surface area contributed by atoms with E-state index in [4.69, 9.17) is 11.6 Å². The minimum Gasteiger partial charge on any atom is -0.319 e. The molecule has 1 N–H and O–H groups in total. The highest BCUT2D eigenvalue weighted by Gasteiger charge is 2.14. The monoisotopic (exact) mass is 288 g/mol. The Bertz CT molecular complexity index is 615. The minimum absolute atomic E-state index is 0.0711. The van der Waals surface area contributed by atoms with Crippen LogP contribution in [0.3, 0.4) is 0 Å². The van der Waals surface area contributed by atoms with Gasteiger partial charge in [-0.25, -0.2) is 4.98 Å². The number of hydrogen-bond donors (Lipinski definition) is 1. The Hall–Kier alpha value is -1.87. The lowest BCUT2D eigenvalue weighted by atomic mass is 9.87. The van der Waals surface area contributed by atoms with Crippen molar-refractivity contribution in [3.63, 3.8) is 0 Å². The topological polar surface area (TPSA) is 42.0 Å². The molecule has 0 bridgehead atoms. The zero-order valence-corrected chi connectivity index (χ0v) is 12.5. The highest BCUT2D eigenvalue weighted by atomic mass is 35.5. The molecule has 2 aromatic rings. The molecule has 4 heteroatoms. The summed E-state index contributed by atoms with van der Waals surface area (Å²) in [6.07, 6.45) is 1.58. The van der Waals surface area contributed by atoms with E-state index in [2.05, 4.69) is 31.1 Å². The number of halogens is 1. The Morgan fingerprint density at radius 1 is 1.15 bits per heavy atom. The number of nitrogens with zero attached hydrogens (tertiary/aromatic N) is 1. The molecule has 0 radical (unpaired) electrons. The third kappa shape index (κ3) is 3.36. The van der Waals surface area contributed by atoms with Crippen LogP contribution < -0.4 is 5.32 Å². The molecule has 0 aliphatic rings. The number of rotatable bonds is 2. The van der Waals surface area contributed by atoms with Crippen molar-refractivity contribution in [2.45, 2.75) is 26.2 Å². The maximum atomic E-state index is 12.1. The number of hydrogen-bond acceptors (Lipinski definition) is 2. The second kappa shape index (κ2) is 5.63. The number of carbonyl (C=O) groups excluding carboxylic acids is 1. The molecule has 104 valence electrons. The van der Waals surface area contributed by atoms with Gasteiger partial charge in [-0.3, -0.25) is 4.79 Å². The van der Waals surface area contributed by atoms with Crippen molar-refractivity contribution in [2.75, 3.05) is 5.32 Å². The van der Waals surface area contributed by atoms with Crippen LogP contribution in [0.2, 0.25) is 5.15 Å².